The Morgan fingerprint density at radius 3 is 2.52 bits per heavy atom. The summed E-state index contributed by atoms with van der Waals surface area (Å²) in [6.45, 7) is 13.7. The number of rotatable bonds is 9. The van der Waals surface area contributed by atoms with Crippen LogP contribution in [0.5, 0.6) is 0 Å². The van der Waals surface area contributed by atoms with Crippen LogP contribution in [0.4, 0.5) is 0 Å². The molecule has 1 aliphatic rings. The molecule has 0 radical (unpaired) electrons. The highest BCUT2D eigenvalue weighted by molar-refractivity contribution is 5.53. The molecule has 1 aliphatic heterocycles. The zero-order chi connectivity index (χ0) is 20.0. The van der Waals surface area contributed by atoms with Gasteiger partial charge < -0.3 is 19.0 Å². The van der Waals surface area contributed by atoms with Crippen molar-refractivity contribution < 1.29 is 19.0 Å². The zero-order valence-corrected chi connectivity index (χ0v) is 17.7. The molecule has 6 atom stereocenters. The predicted octanol–water partition coefficient (Wildman–Crippen LogP) is 4.86. The fourth-order valence-electron chi connectivity index (χ4n) is 4.11. The molecule has 2 rings (SSSR count). The van der Waals surface area contributed by atoms with Gasteiger partial charge in [-0.05, 0) is 37.7 Å². The van der Waals surface area contributed by atoms with Crippen molar-refractivity contribution in [3.63, 3.8) is 0 Å². The highest BCUT2D eigenvalue weighted by atomic mass is 16.7. The Balaban J connectivity index is 1.99. The van der Waals surface area contributed by atoms with Gasteiger partial charge in [-0.15, -0.1) is 0 Å². The lowest BCUT2D eigenvalue weighted by Gasteiger charge is -2.43. The smallest absolute Gasteiger partial charge is 0.163 e. The maximum Gasteiger partial charge on any atom is 0.163 e. The number of carbonyl (C=O) groups is 1. The minimum Gasteiger partial charge on any atom is -0.373 e. The maximum atomic E-state index is 11.5. The van der Waals surface area contributed by atoms with Gasteiger partial charge in [-0.25, -0.2) is 0 Å². The number of ether oxygens (including phenoxy) is 3. The van der Waals surface area contributed by atoms with Crippen LogP contribution in [-0.2, 0) is 25.6 Å². The van der Waals surface area contributed by atoms with E-state index in [1.165, 1.54) is 0 Å². The van der Waals surface area contributed by atoms with Gasteiger partial charge in [0.15, 0.2) is 5.79 Å². The summed E-state index contributed by atoms with van der Waals surface area (Å²) in [6.07, 6.45) is 2.00. The highest BCUT2D eigenvalue weighted by Gasteiger charge is 2.38. The van der Waals surface area contributed by atoms with Gasteiger partial charge in [0.05, 0.1) is 25.4 Å². The van der Waals surface area contributed by atoms with E-state index < -0.39 is 5.79 Å². The topological polar surface area (TPSA) is 44.8 Å². The van der Waals surface area contributed by atoms with Crippen LogP contribution in [0.3, 0.4) is 0 Å². The van der Waals surface area contributed by atoms with Crippen molar-refractivity contribution in [3.05, 3.63) is 35.9 Å². The molecule has 1 heterocycles. The average Bonchev–Trinajstić information content (AvgIpc) is 2.64. The molecule has 4 heteroatoms. The minimum atomic E-state index is -0.534. The molecule has 0 amide bonds. The van der Waals surface area contributed by atoms with Crippen LogP contribution in [0.15, 0.2) is 30.3 Å². The molecule has 0 aromatic heterocycles. The molecule has 0 unspecified atom stereocenters. The summed E-state index contributed by atoms with van der Waals surface area (Å²) in [5.41, 5.74) is 1.13. The maximum absolute atomic E-state index is 11.5. The molecule has 152 valence electrons. The van der Waals surface area contributed by atoms with E-state index in [1.54, 1.807) is 0 Å². The van der Waals surface area contributed by atoms with Gasteiger partial charge in [-0.3, -0.25) is 0 Å². The number of hydrogen-bond acceptors (Lipinski definition) is 4. The Kier molecular flexibility index (Phi) is 8.02. The predicted molar refractivity (Wildman–Crippen MR) is 107 cm³/mol. The van der Waals surface area contributed by atoms with E-state index in [-0.39, 0.29) is 24.0 Å². The van der Waals surface area contributed by atoms with E-state index in [0.29, 0.717) is 18.4 Å². The number of benzene rings is 1. The molecular weight excluding hydrogens is 340 g/mol. The standard InChI is InChI=1S/C23H36O4/c1-16(12-17(2)22-19(4)14-26-23(5,6)27-22)21(18(3)13-24)25-15-20-10-8-7-9-11-20/h7-11,13,16-19,21-22H,12,14-15H2,1-6H3/t16-,17-,18-,19-,21-,22+/m1/s1. The molecule has 27 heavy (non-hydrogen) atoms. The Morgan fingerprint density at radius 1 is 1.22 bits per heavy atom. The Morgan fingerprint density at radius 2 is 1.89 bits per heavy atom. The third-order valence-corrected chi connectivity index (χ3v) is 5.56. The van der Waals surface area contributed by atoms with Crippen LogP contribution >= 0.6 is 0 Å². The summed E-state index contributed by atoms with van der Waals surface area (Å²) in [6, 6.07) is 10.1. The van der Waals surface area contributed by atoms with Crippen molar-refractivity contribution in [2.24, 2.45) is 23.7 Å². The molecule has 1 saturated heterocycles. The van der Waals surface area contributed by atoms with E-state index in [4.69, 9.17) is 14.2 Å². The lowest BCUT2D eigenvalue weighted by Crippen LogP contribution is -2.48. The van der Waals surface area contributed by atoms with Crippen molar-refractivity contribution in [2.45, 2.75) is 72.6 Å². The van der Waals surface area contributed by atoms with Gasteiger partial charge >= 0.3 is 0 Å². The third kappa shape index (κ3) is 6.41. The quantitative estimate of drug-likeness (QED) is 0.578. The van der Waals surface area contributed by atoms with Crippen molar-refractivity contribution in [1.82, 2.24) is 0 Å². The van der Waals surface area contributed by atoms with Crippen LogP contribution in [0.2, 0.25) is 0 Å². The summed E-state index contributed by atoms with van der Waals surface area (Å²) >= 11 is 0. The minimum absolute atomic E-state index is 0.103. The Hall–Kier alpha value is -1.23. The molecule has 0 bridgehead atoms. The van der Waals surface area contributed by atoms with Gasteiger partial charge in [-0.2, -0.15) is 0 Å². The van der Waals surface area contributed by atoms with Crippen molar-refractivity contribution in [3.8, 4) is 0 Å². The number of hydrogen-bond donors (Lipinski definition) is 0. The number of carbonyl (C=O) groups excluding carboxylic acids is 1. The van der Waals surface area contributed by atoms with E-state index in [2.05, 4.69) is 32.9 Å². The Labute approximate surface area is 164 Å². The van der Waals surface area contributed by atoms with Gasteiger partial charge in [0.1, 0.15) is 6.29 Å². The summed E-state index contributed by atoms with van der Waals surface area (Å²) in [7, 11) is 0. The summed E-state index contributed by atoms with van der Waals surface area (Å²) < 4.78 is 18.2. The van der Waals surface area contributed by atoms with E-state index in [9.17, 15) is 4.79 Å². The molecule has 4 nitrogen and oxygen atoms in total. The second-order valence-corrected chi connectivity index (χ2v) is 8.72. The molecular formula is C23H36O4. The second kappa shape index (κ2) is 9.81. The first-order chi connectivity index (χ1) is 12.7. The Bertz CT molecular complexity index is 571. The van der Waals surface area contributed by atoms with Crippen molar-refractivity contribution >= 4 is 6.29 Å². The molecule has 1 aromatic carbocycles. The summed E-state index contributed by atoms with van der Waals surface area (Å²) in [5.74, 6) is 0.298. The molecule has 0 N–H and O–H groups in total. The van der Waals surface area contributed by atoms with Crippen LogP contribution in [0, 0.1) is 23.7 Å². The van der Waals surface area contributed by atoms with Crippen molar-refractivity contribution in [2.75, 3.05) is 6.61 Å². The van der Waals surface area contributed by atoms with Crippen LogP contribution in [0.1, 0.15) is 53.5 Å². The van der Waals surface area contributed by atoms with E-state index in [1.807, 2.05) is 39.0 Å². The number of aldehydes is 1. The van der Waals surface area contributed by atoms with E-state index in [0.717, 1.165) is 24.9 Å². The lowest BCUT2D eigenvalue weighted by atomic mass is 9.82. The first kappa shape index (κ1) is 22.1. The SMILES string of the molecule is C[C@H](C=O)[C@H](OCc1ccccc1)[C@H](C)C[C@@H](C)[C@@H]1OC(C)(C)OC[C@H]1C. The van der Waals surface area contributed by atoms with Crippen LogP contribution in [-0.4, -0.2) is 30.9 Å². The normalized spacial score (nSPS) is 26.7. The summed E-state index contributed by atoms with van der Waals surface area (Å²) in [4.78, 5) is 11.5. The third-order valence-electron chi connectivity index (χ3n) is 5.56. The molecule has 0 spiro atoms. The first-order valence-corrected chi connectivity index (χ1v) is 10.2. The van der Waals surface area contributed by atoms with Crippen LogP contribution < -0.4 is 0 Å². The monoisotopic (exact) mass is 376 g/mol. The molecule has 1 fully saturated rings. The van der Waals surface area contributed by atoms with Crippen LogP contribution in [0.25, 0.3) is 0 Å². The molecule has 0 aliphatic carbocycles. The fourth-order valence-corrected chi connectivity index (χ4v) is 4.11. The van der Waals surface area contributed by atoms with Gasteiger partial charge in [0, 0.05) is 11.8 Å². The second-order valence-electron chi connectivity index (χ2n) is 8.72. The lowest BCUT2D eigenvalue weighted by molar-refractivity contribution is -0.300. The largest absolute Gasteiger partial charge is 0.373 e. The molecule has 1 aromatic rings. The summed E-state index contributed by atoms with van der Waals surface area (Å²) in [5, 5.41) is 0. The highest BCUT2D eigenvalue weighted by Crippen LogP contribution is 2.34. The first-order valence-electron chi connectivity index (χ1n) is 10.2. The van der Waals surface area contributed by atoms with Crippen molar-refractivity contribution in [1.29, 1.82) is 0 Å². The van der Waals surface area contributed by atoms with Gasteiger partial charge in [-0.1, -0.05) is 58.0 Å². The zero-order valence-electron chi connectivity index (χ0n) is 17.7. The average molecular weight is 377 g/mol. The van der Waals surface area contributed by atoms with E-state index >= 15 is 0 Å². The molecule has 0 saturated carbocycles. The van der Waals surface area contributed by atoms with Gasteiger partial charge in [0.2, 0.25) is 0 Å². The van der Waals surface area contributed by atoms with Gasteiger partial charge in [0.25, 0.3) is 0 Å². The fraction of sp³-hybridized carbons (Fsp3) is 0.696.